The summed E-state index contributed by atoms with van der Waals surface area (Å²) in [4.78, 5) is 38.5. The first-order valence-electron chi connectivity index (χ1n) is 8.94. The summed E-state index contributed by atoms with van der Waals surface area (Å²) in [6.45, 7) is 0.0395. The Balaban J connectivity index is 1.47. The van der Waals surface area contributed by atoms with Crippen molar-refractivity contribution in [3.63, 3.8) is 0 Å². The van der Waals surface area contributed by atoms with Gasteiger partial charge in [0.25, 0.3) is 11.6 Å². The van der Waals surface area contributed by atoms with Crippen molar-refractivity contribution in [1.82, 2.24) is 14.9 Å². The van der Waals surface area contributed by atoms with Crippen molar-refractivity contribution in [2.24, 2.45) is 7.05 Å². The van der Waals surface area contributed by atoms with E-state index in [2.05, 4.69) is 15.6 Å². The van der Waals surface area contributed by atoms with Crippen molar-refractivity contribution in [3.05, 3.63) is 82.4 Å². The Labute approximate surface area is 171 Å². The number of non-ortho nitro benzene ring substituents is 1. The molecule has 1 aromatic heterocycles. The van der Waals surface area contributed by atoms with E-state index in [0.29, 0.717) is 18.0 Å². The van der Waals surface area contributed by atoms with E-state index in [1.807, 2.05) is 17.8 Å². The SMILES string of the molecule is Cn1ccnc1COc1ccc(NC(=O)CNC(=O)c2cccc([N+](=O)[O-])c2)cc1. The number of hydrogen-bond donors (Lipinski definition) is 2. The molecule has 0 bridgehead atoms. The Morgan fingerprint density at radius 1 is 1.20 bits per heavy atom. The van der Waals surface area contributed by atoms with Crippen LogP contribution < -0.4 is 15.4 Å². The lowest BCUT2D eigenvalue weighted by Gasteiger charge is -2.09. The number of imidazole rings is 1. The Bertz CT molecular complexity index is 1060. The summed E-state index contributed by atoms with van der Waals surface area (Å²) in [7, 11) is 1.88. The van der Waals surface area contributed by atoms with Gasteiger partial charge in [-0.15, -0.1) is 0 Å². The molecule has 2 amide bonds. The number of ether oxygens (including phenoxy) is 1. The van der Waals surface area contributed by atoms with Gasteiger partial charge in [-0.3, -0.25) is 19.7 Å². The van der Waals surface area contributed by atoms with Crippen LogP contribution in [-0.2, 0) is 18.4 Å². The Kier molecular flexibility index (Phi) is 6.38. The summed E-state index contributed by atoms with van der Waals surface area (Å²) in [5.74, 6) is 0.393. The third-order valence-electron chi connectivity index (χ3n) is 4.16. The van der Waals surface area contributed by atoms with Gasteiger partial charge in [0.15, 0.2) is 0 Å². The molecule has 2 aromatic carbocycles. The number of benzene rings is 2. The molecule has 3 rings (SSSR count). The minimum atomic E-state index is -0.590. The van der Waals surface area contributed by atoms with Crippen LogP contribution in [0.25, 0.3) is 0 Å². The standard InChI is InChI=1S/C20H19N5O5/c1-24-10-9-21-18(24)13-30-17-7-5-15(6-8-17)23-19(26)12-22-20(27)14-3-2-4-16(11-14)25(28)29/h2-11H,12-13H2,1H3,(H,22,27)(H,23,26). The van der Waals surface area contributed by atoms with E-state index in [0.717, 1.165) is 11.9 Å². The molecule has 0 atom stereocenters. The molecule has 10 heteroatoms. The molecule has 0 fully saturated rings. The smallest absolute Gasteiger partial charge is 0.270 e. The zero-order chi connectivity index (χ0) is 21.5. The molecule has 0 aliphatic heterocycles. The van der Waals surface area contributed by atoms with Gasteiger partial charge in [0.2, 0.25) is 5.91 Å². The van der Waals surface area contributed by atoms with Crippen LogP contribution in [0.2, 0.25) is 0 Å². The Morgan fingerprint density at radius 3 is 2.63 bits per heavy atom. The molecule has 0 unspecified atom stereocenters. The third-order valence-corrected chi connectivity index (χ3v) is 4.16. The maximum atomic E-state index is 12.1. The number of nitro benzene ring substituents is 1. The number of aryl methyl sites for hydroxylation is 1. The molecule has 10 nitrogen and oxygen atoms in total. The van der Waals surface area contributed by atoms with E-state index < -0.39 is 16.7 Å². The maximum Gasteiger partial charge on any atom is 0.270 e. The van der Waals surface area contributed by atoms with Crippen molar-refractivity contribution in [3.8, 4) is 5.75 Å². The van der Waals surface area contributed by atoms with Crippen molar-refractivity contribution < 1.29 is 19.2 Å². The molecule has 0 saturated carbocycles. The molecule has 0 radical (unpaired) electrons. The molecule has 0 aliphatic rings. The highest BCUT2D eigenvalue weighted by molar-refractivity contribution is 5.99. The Hall–Kier alpha value is -4.21. The zero-order valence-electron chi connectivity index (χ0n) is 16.1. The fourth-order valence-corrected chi connectivity index (χ4v) is 2.55. The number of nitrogens with zero attached hydrogens (tertiary/aromatic N) is 3. The van der Waals surface area contributed by atoms with E-state index in [4.69, 9.17) is 4.74 Å². The monoisotopic (exact) mass is 409 g/mol. The first kappa shape index (κ1) is 20.5. The number of amides is 2. The third kappa shape index (κ3) is 5.41. The summed E-state index contributed by atoms with van der Waals surface area (Å²) < 4.78 is 7.50. The molecule has 1 heterocycles. The van der Waals surface area contributed by atoms with Gasteiger partial charge in [0.1, 0.15) is 18.2 Å². The lowest BCUT2D eigenvalue weighted by atomic mass is 10.2. The number of hydrogen-bond acceptors (Lipinski definition) is 6. The van der Waals surface area contributed by atoms with E-state index >= 15 is 0 Å². The number of carbonyl (C=O) groups is 2. The highest BCUT2D eigenvalue weighted by Crippen LogP contribution is 2.17. The lowest BCUT2D eigenvalue weighted by molar-refractivity contribution is -0.384. The highest BCUT2D eigenvalue weighted by atomic mass is 16.6. The van der Waals surface area contributed by atoms with Gasteiger partial charge in [0, 0.05) is 42.8 Å². The molecular weight excluding hydrogens is 390 g/mol. The summed E-state index contributed by atoms with van der Waals surface area (Å²) in [5.41, 5.74) is 0.442. The van der Waals surface area contributed by atoms with Crippen molar-refractivity contribution in [2.45, 2.75) is 6.61 Å². The van der Waals surface area contributed by atoms with Crippen LogP contribution in [0.5, 0.6) is 5.75 Å². The zero-order valence-corrected chi connectivity index (χ0v) is 16.1. The summed E-state index contributed by atoms with van der Waals surface area (Å²) in [6, 6.07) is 12.0. The summed E-state index contributed by atoms with van der Waals surface area (Å²) in [5, 5.41) is 15.9. The molecule has 154 valence electrons. The fourth-order valence-electron chi connectivity index (χ4n) is 2.55. The summed E-state index contributed by atoms with van der Waals surface area (Å²) >= 11 is 0. The highest BCUT2D eigenvalue weighted by Gasteiger charge is 2.12. The molecule has 0 aliphatic carbocycles. The van der Waals surface area contributed by atoms with Gasteiger partial charge in [-0.25, -0.2) is 4.98 Å². The van der Waals surface area contributed by atoms with Crippen LogP contribution in [0.15, 0.2) is 60.9 Å². The van der Waals surface area contributed by atoms with Crippen molar-refractivity contribution >= 4 is 23.2 Å². The van der Waals surface area contributed by atoms with Crippen LogP contribution in [-0.4, -0.2) is 32.8 Å². The van der Waals surface area contributed by atoms with Crippen molar-refractivity contribution in [1.29, 1.82) is 0 Å². The lowest BCUT2D eigenvalue weighted by Crippen LogP contribution is -2.32. The van der Waals surface area contributed by atoms with Gasteiger partial charge in [-0.2, -0.15) is 0 Å². The number of aromatic nitrogens is 2. The average molecular weight is 409 g/mol. The second-order valence-corrected chi connectivity index (χ2v) is 6.31. The molecular formula is C20H19N5O5. The molecule has 0 spiro atoms. The van der Waals surface area contributed by atoms with Crippen LogP contribution in [0.4, 0.5) is 11.4 Å². The molecule has 2 N–H and O–H groups in total. The predicted octanol–water partition coefficient (Wildman–Crippen LogP) is 2.28. The summed E-state index contributed by atoms with van der Waals surface area (Å²) in [6.07, 6.45) is 3.52. The number of carbonyl (C=O) groups excluding carboxylic acids is 2. The van der Waals surface area contributed by atoms with Crippen LogP contribution in [0.3, 0.4) is 0 Å². The molecule has 0 saturated heterocycles. The normalized spacial score (nSPS) is 10.3. The topological polar surface area (TPSA) is 128 Å². The second-order valence-electron chi connectivity index (χ2n) is 6.31. The number of rotatable bonds is 8. The minimum Gasteiger partial charge on any atom is -0.486 e. The number of nitro groups is 1. The first-order valence-corrected chi connectivity index (χ1v) is 8.94. The van der Waals surface area contributed by atoms with E-state index in [1.54, 1.807) is 30.5 Å². The fraction of sp³-hybridized carbons (Fsp3) is 0.150. The largest absolute Gasteiger partial charge is 0.486 e. The van der Waals surface area contributed by atoms with E-state index in [1.165, 1.54) is 18.2 Å². The van der Waals surface area contributed by atoms with Crippen LogP contribution >= 0.6 is 0 Å². The van der Waals surface area contributed by atoms with Crippen LogP contribution in [0, 0.1) is 10.1 Å². The van der Waals surface area contributed by atoms with E-state index in [9.17, 15) is 19.7 Å². The first-order chi connectivity index (χ1) is 14.4. The minimum absolute atomic E-state index is 0.103. The molecule has 3 aromatic rings. The molecule has 30 heavy (non-hydrogen) atoms. The van der Waals surface area contributed by atoms with Gasteiger partial charge >= 0.3 is 0 Å². The number of nitrogens with one attached hydrogen (secondary N) is 2. The van der Waals surface area contributed by atoms with Gasteiger partial charge < -0.3 is 19.9 Å². The van der Waals surface area contributed by atoms with Gasteiger partial charge in [0.05, 0.1) is 11.5 Å². The van der Waals surface area contributed by atoms with Crippen molar-refractivity contribution in [2.75, 3.05) is 11.9 Å². The van der Waals surface area contributed by atoms with Gasteiger partial charge in [-0.05, 0) is 30.3 Å². The van der Waals surface area contributed by atoms with Crippen LogP contribution in [0.1, 0.15) is 16.2 Å². The number of anilines is 1. The van der Waals surface area contributed by atoms with Gasteiger partial charge in [-0.1, -0.05) is 6.07 Å². The quantitative estimate of drug-likeness (QED) is 0.434. The second kappa shape index (κ2) is 9.32. The van der Waals surface area contributed by atoms with E-state index in [-0.39, 0.29) is 17.8 Å². The maximum absolute atomic E-state index is 12.1. The predicted molar refractivity (Wildman–Crippen MR) is 108 cm³/mol. The Morgan fingerprint density at radius 2 is 1.97 bits per heavy atom. The average Bonchev–Trinajstić information content (AvgIpc) is 3.16.